The maximum atomic E-state index is 10.8. The number of carbonyl (C=O) groups is 1. The fraction of sp³-hybridized carbons (Fsp3) is 0.316. The van der Waals surface area contributed by atoms with E-state index < -0.39 is 12.0 Å². The molecule has 0 heterocycles. The van der Waals surface area contributed by atoms with Gasteiger partial charge in [-0.05, 0) is 41.9 Å². The summed E-state index contributed by atoms with van der Waals surface area (Å²) in [6.45, 7) is 2.06. The zero-order valence-corrected chi connectivity index (χ0v) is 12.9. The van der Waals surface area contributed by atoms with Gasteiger partial charge in [-0.3, -0.25) is 4.79 Å². The maximum Gasteiger partial charge on any atom is 0.320 e. The molecule has 0 spiro atoms. The van der Waals surface area contributed by atoms with Crippen LogP contribution < -0.4 is 5.73 Å². The van der Waals surface area contributed by atoms with Crippen LogP contribution in [-0.2, 0) is 11.2 Å². The van der Waals surface area contributed by atoms with E-state index in [1.165, 1.54) is 16.7 Å². The molecule has 2 rings (SSSR count). The molecule has 0 fully saturated rings. The number of carboxylic acids is 1. The summed E-state index contributed by atoms with van der Waals surface area (Å²) in [5, 5.41) is 8.83. The van der Waals surface area contributed by atoms with E-state index in [1.54, 1.807) is 0 Å². The van der Waals surface area contributed by atoms with Crippen molar-refractivity contribution >= 4 is 5.97 Å². The minimum Gasteiger partial charge on any atom is -0.480 e. The van der Waals surface area contributed by atoms with Crippen LogP contribution in [0.5, 0.6) is 0 Å². The van der Waals surface area contributed by atoms with Crippen molar-refractivity contribution in [2.45, 2.75) is 32.2 Å². The quantitative estimate of drug-likeness (QED) is 0.818. The molecule has 0 amide bonds. The van der Waals surface area contributed by atoms with Gasteiger partial charge in [-0.25, -0.2) is 0 Å². The Morgan fingerprint density at radius 3 is 2.23 bits per heavy atom. The number of hydrogen-bond acceptors (Lipinski definition) is 2. The summed E-state index contributed by atoms with van der Waals surface area (Å²) in [5.41, 5.74) is 9.28. The molecular formula is C19H23NO2. The first-order chi connectivity index (χ1) is 10.6. The standard InChI is InChI=1S/C19H23NO2/c1-14(13-18(20)19(21)22)7-8-15-9-11-17(12-10-15)16-5-3-2-4-6-16/h2-6,9-12,14,18H,7-8,13,20H2,1H3,(H,21,22)/t14?,18-/m1/s1. The van der Waals surface area contributed by atoms with Crippen LogP contribution in [0.2, 0.25) is 0 Å². The predicted molar refractivity (Wildman–Crippen MR) is 89.6 cm³/mol. The molecule has 3 N–H and O–H groups in total. The van der Waals surface area contributed by atoms with E-state index in [1.807, 2.05) is 18.2 Å². The monoisotopic (exact) mass is 297 g/mol. The highest BCUT2D eigenvalue weighted by molar-refractivity contribution is 5.73. The van der Waals surface area contributed by atoms with Gasteiger partial charge in [0.1, 0.15) is 6.04 Å². The van der Waals surface area contributed by atoms with Gasteiger partial charge in [0.2, 0.25) is 0 Å². The normalized spacial score (nSPS) is 13.5. The highest BCUT2D eigenvalue weighted by Crippen LogP contribution is 2.21. The van der Waals surface area contributed by atoms with Crippen LogP contribution in [0.3, 0.4) is 0 Å². The van der Waals surface area contributed by atoms with Crippen LogP contribution in [0.15, 0.2) is 54.6 Å². The van der Waals surface area contributed by atoms with Gasteiger partial charge >= 0.3 is 5.97 Å². The van der Waals surface area contributed by atoms with Gasteiger partial charge < -0.3 is 10.8 Å². The molecule has 2 atom stereocenters. The summed E-state index contributed by atoms with van der Waals surface area (Å²) in [7, 11) is 0. The topological polar surface area (TPSA) is 63.3 Å². The molecule has 3 heteroatoms. The molecule has 3 nitrogen and oxygen atoms in total. The van der Waals surface area contributed by atoms with Crippen molar-refractivity contribution in [3.8, 4) is 11.1 Å². The van der Waals surface area contributed by atoms with E-state index in [9.17, 15) is 4.79 Å². The number of hydrogen-bond donors (Lipinski definition) is 2. The summed E-state index contributed by atoms with van der Waals surface area (Å²) < 4.78 is 0. The Morgan fingerprint density at radius 2 is 1.64 bits per heavy atom. The molecule has 0 aliphatic rings. The van der Waals surface area contributed by atoms with E-state index in [2.05, 4.69) is 43.3 Å². The molecule has 22 heavy (non-hydrogen) atoms. The lowest BCUT2D eigenvalue weighted by atomic mass is 9.94. The largest absolute Gasteiger partial charge is 0.480 e. The first-order valence-electron chi connectivity index (χ1n) is 7.69. The van der Waals surface area contributed by atoms with Gasteiger partial charge in [0.15, 0.2) is 0 Å². The van der Waals surface area contributed by atoms with Crippen molar-refractivity contribution in [3.63, 3.8) is 0 Å². The van der Waals surface area contributed by atoms with Crippen molar-refractivity contribution in [2.24, 2.45) is 11.7 Å². The van der Waals surface area contributed by atoms with Gasteiger partial charge in [0.05, 0.1) is 0 Å². The Bertz CT molecular complexity index is 593. The minimum absolute atomic E-state index is 0.305. The van der Waals surface area contributed by atoms with Crippen molar-refractivity contribution in [1.82, 2.24) is 0 Å². The second kappa shape index (κ2) is 7.76. The smallest absolute Gasteiger partial charge is 0.320 e. The van der Waals surface area contributed by atoms with E-state index in [4.69, 9.17) is 10.8 Å². The van der Waals surface area contributed by atoms with Gasteiger partial charge in [-0.2, -0.15) is 0 Å². The third kappa shape index (κ3) is 4.71. The average Bonchev–Trinajstić information content (AvgIpc) is 2.54. The molecule has 0 aliphatic carbocycles. The summed E-state index contributed by atoms with van der Waals surface area (Å²) in [4.78, 5) is 10.8. The maximum absolute atomic E-state index is 10.8. The zero-order valence-electron chi connectivity index (χ0n) is 12.9. The van der Waals surface area contributed by atoms with Crippen molar-refractivity contribution < 1.29 is 9.90 Å². The lowest BCUT2D eigenvalue weighted by Crippen LogP contribution is -2.31. The fourth-order valence-electron chi connectivity index (χ4n) is 2.56. The SMILES string of the molecule is CC(CCc1ccc(-c2ccccc2)cc1)C[C@@H](N)C(=O)O. The predicted octanol–water partition coefficient (Wildman–Crippen LogP) is 3.72. The molecule has 0 aromatic heterocycles. The lowest BCUT2D eigenvalue weighted by molar-refractivity contribution is -0.138. The molecule has 2 aromatic rings. The second-order valence-electron chi connectivity index (χ2n) is 5.89. The van der Waals surface area contributed by atoms with Gasteiger partial charge in [-0.1, -0.05) is 61.5 Å². The number of rotatable bonds is 7. The summed E-state index contributed by atoms with van der Waals surface area (Å²) in [5.74, 6) is -0.612. The number of nitrogens with two attached hydrogens (primary N) is 1. The number of aliphatic carboxylic acids is 1. The summed E-state index contributed by atoms with van der Waals surface area (Å²) >= 11 is 0. The highest BCUT2D eigenvalue weighted by atomic mass is 16.4. The average molecular weight is 297 g/mol. The lowest BCUT2D eigenvalue weighted by Gasteiger charge is -2.14. The third-order valence-electron chi connectivity index (χ3n) is 3.96. The third-order valence-corrected chi connectivity index (χ3v) is 3.96. The van der Waals surface area contributed by atoms with E-state index in [-0.39, 0.29) is 0 Å². The summed E-state index contributed by atoms with van der Waals surface area (Å²) in [6.07, 6.45) is 2.42. The Kier molecular flexibility index (Phi) is 5.73. The highest BCUT2D eigenvalue weighted by Gasteiger charge is 2.15. The van der Waals surface area contributed by atoms with Crippen LogP contribution in [0.25, 0.3) is 11.1 Å². The molecule has 0 radical (unpaired) electrons. The van der Waals surface area contributed by atoms with E-state index in [0.717, 1.165) is 12.8 Å². The van der Waals surface area contributed by atoms with Crippen LogP contribution in [0.4, 0.5) is 0 Å². The number of aryl methyl sites for hydroxylation is 1. The Hall–Kier alpha value is -2.13. The van der Waals surface area contributed by atoms with Gasteiger partial charge in [0.25, 0.3) is 0 Å². The van der Waals surface area contributed by atoms with E-state index >= 15 is 0 Å². The molecule has 0 bridgehead atoms. The Balaban J connectivity index is 1.88. The van der Waals surface area contributed by atoms with E-state index in [0.29, 0.717) is 12.3 Å². The first-order valence-corrected chi connectivity index (χ1v) is 7.69. The summed E-state index contributed by atoms with van der Waals surface area (Å²) in [6, 6.07) is 18.1. The molecule has 0 aliphatic heterocycles. The van der Waals surface area contributed by atoms with Crippen LogP contribution in [0, 0.1) is 5.92 Å². The van der Waals surface area contributed by atoms with Crippen LogP contribution in [0.1, 0.15) is 25.3 Å². The Morgan fingerprint density at radius 1 is 1.05 bits per heavy atom. The first kappa shape index (κ1) is 16.2. The number of carboxylic acid groups (broad SMARTS) is 1. The van der Waals surface area contributed by atoms with Crippen molar-refractivity contribution in [3.05, 3.63) is 60.2 Å². The van der Waals surface area contributed by atoms with Gasteiger partial charge in [-0.15, -0.1) is 0 Å². The number of benzene rings is 2. The molecular weight excluding hydrogens is 274 g/mol. The fourth-order valence-corrected chi connectivity index (χ4v) is 2.56. The molecule has 1 unspecified atom stereocenters. The van der Waals surface area contributed by atoms with Crippen molar-refractivity contribution in [2.75, 3.05) is 0 Å². The van der Waals surface area contributed by atoms with Crippen LogP contribution >= 0.6 is 0 Å². The molecule has 2 aromatic carbocycles. The van der Waals surface area contributed by atoms with Crippen LogP contribution in [-0.4, -0.2) is 17.1 Å². The molecule has 0 saturated heterocycles. The van der Waals surface area contributed by atoms with Crippen molar-refractivity contribution in [1.29, 1.82) is 0 Å². The van der Waals surface area contributed by atoms with Gasteiger partial charge in [0, 0.05) is 0 Å². The second-order valence-corrected chi connectivity index (χ2v) is 5.89. The molecule has 116 valence electrons. The molecule has 0 saturated carbocycles. The Labute approximate surface area is 131 Å². The zero-order chi connectivity index (χ0) is 15.9. The minimum atomic E-state index is -0.918.